The molecular weight excluding hydrogens is 776 g/mol. The van der Waals surface area contributed by atoms with Crippen molar-refractivity contribution in [2.24, 2.45) is 0 Å². The third kappa shape index (κ3) is 14.4. The van der Waals surface area contributed by atoms with Crippen molar-refractivity contribution >= 4 is 74.3 Å². The summed E-state index contributed by atoms with van der Waals surface area (Å²) in [6, 6.07) is 44.2. The fourth-order valence-corrected chi connectivity index (χ4v) is 5.99. The van der Waals surface area contributed by atoms with Crippen molar-refractivity contribution in [1.29, 1.82) is 0 Å². The van der Waals surface area contributed by atoms with Gasteiger partial charge in [-0.2, -0.15) is 12.1 Å². The van der Waals surface area contributed by atoms with Gasteiger partial charge in [0.2, 0.25) is 0 Å². The summed E-state index contributed by atoms with van der Waals surface area (Å²) in [7, 11) is 1.20. The van der Waals surface area contributed by atoms with Gasteiger partial charge in [0.1, 0.15) is 0 Å². The average Bonchev–Trinajstić information content (AvgIpc) is 3.62. The molecule has 0 aromatic heterocycles. The van der Waals surface area contributed by atoms with E-state index in [1.807, 2.05) is 60.7 Å². The second kappa shape index (κ2) is 22.3. The van der Waals surface area contributed by atoms with Crippen LogP contribution in [0.5, 0.6) is 0 Å². The Morgan fingerprint density at radius 1 is 0.578 bits per heavy atom. The summed E-state index contributed by atoms with van der Waals surface area (Å²) >= 11 is 7.02. The van der Waals surface area contributed by atoms with E-state index in [1.54, 1.807) is 0 Å². The Hall–Kier alpha value is -2.24. The molecule has 0 spiro atoms. The molecule has 0 fully saturated rings. The summed E-state index contributed by atoms with van der Waals surface area (Å²) in [5.41, 5.74) is 4.75. The molecule has 0 amide bonds. The largest absolute Gasteiger partial charge is 4.00 e. The molecule has 0 aliphatic carbocycles. The van der Waals surface area contributed by atoms with Crippen molar-refractivity contribution in [3.63, 3.8) is 0 Å². The predicted molar refractivity (Wildman–Crippen MR) is 204 cm³/mol. The first-order valence-electron chi connectivity index (χ1n) is 15.2. The van der Waals surface area contributed by atoms with Gasteiger partial charge in [-0.25, -0.2) is 0 Å². The minimum absolute atomic E-state index is 0. The Morgan fingerprint density at radius 3 is 1.31 bits per heavy atom. The van der Waals surface area contributed by atoms with Crippen molar-refractivity contribution < 1.29 is 26.2 Å². The Balaban J connectivity index is 0.000000222. The molecule has 2 nitrogen and oxygen atoms in total. The molecule has 0 aliphatic rings. The number of aryl methyl sites for hydroxylation is 2. The Morgan fingerprint density at radius 2 is 0.978 bits per heavy atom. The van der Waals surface area contributed by atoms with E-state index in [1.165, 1.54) is 63.2 Å². The van der Waals surface area contributed by atoms with Crippen LogP contribution in [-0.4, -0.2) is 22.6 Å². The maximum absolute atomic E-state index is 4.48. The van der Waals surface area contributed by atoms with E-state index in [-0.39, 0.29) is 26.2 Å². The standard InChI is InChI=1S/C15H16N2.2C10H8Br.C4H10Si.Zr/c1-3-8-14(9-4-1)16-12-7-13-17-15-10-5-2-6-11-15;2*1-7-5-8-3-2-4-10(11)9(8)6-7;1-3-5-4-2;/h1-6,8-11H,7,12-13H2;2*2-6H,1H3;3-4H2,1-2H3;/q-2;2*-1;;+4. The van der Waals surface area contributed by atoms with Gasteiger partial charge in [0, 0.05) is 9.52 Å². The summed E-state index contributed by atoms with van der Waals surface area (Å²) in [6.45, 7) is 10.4. The number of hydrogen-bond donors (Lipinski definition) is 0. The average molecular weight is 818 g/mol. The molecule has 0 bridgehead atoms. The summed E-state index contributed by atoms with van der Waals surface area (Å²) in [6.07, 6.45) is 0.990. The molecule has 6 rings (SSSR count). The van der Waals surface area contributed by atoms with Crippen molar-refractivity contribution in [3.05, 3.63) is 152 Å². The first kappa shape index (κ1) is 38.9. The van der Waals surface area contributed by atoms with E-state index in [0.717, 1.165) is 30.9 Å². The fourth-order valence-electron chi connectivity index (χ4n) is 4.50. The van der Waals surface area contributed by atoms with Gasteiger partial charge >= 0.3 is 26.2 Å². The maximum Gasteiger partial charge on any atom is 4.00 e. The quantitative estimate of drug-likeness (QED) is 0.0832. The molecule has 0 unspecified atom stereocenters. The van der Waals surface area contributed by atoms with Crippen LogP contribution in [0, 0.1) is 13.8 Å². The molecule has 0 heterocycles. The zero-order valence-electron chi connectivity index (χ0n) is 26.7. The summed E-state index contributed by atoms with van der Waals surface area (Å²) in [5, 5.41) is 14.2. The second-order valence-electron chi connectivity index (χ2n) is 10.3. The van der Waals surface area contributed by atoms with Crippen LogP contribution in [0.15, 0.2) is 130 Å². The second-order valence-corrected chi connectivity index (χ2v) is 13.9. The van der Waals surface area contributed by atoms with Crippen LogP contribution in [0.3, 0.4) is 0 Å². The van der Waals surface area contributed by atoms with E-state index in [2.05, 4.69) is 131 Å². The number of hydrogen-bond acceptors (Lipinski definition) is 0. The minimum Gasteiger partial charge on any atom is -0.684 e. The van der Waals surface area contributed by atoms with E-state index >= 15 is 0 Å². The summed E-state index contributed by atoms with van der Waals surface area (Å²) in [5.74, 6) is 0. The van der Waals surface area contributed by atoms with Crippen molar-refractivity contribution in [2.75, 3.05) is 13.1 Å². The first-order chi connectivity index (χ1) is 21.4. The molecule has 2 radical (unpaired) electrons. The molecule has 230 valence electrons. The van der Waals surface area contributed by atoms with Crippen LogP contribution in [0.2, 0.25) is 12.1 Å². The van der Waals surface area contributed by atoms with Gasteiger partial charge in [-0.15, -0.1) is 93.5 Å². The van der Waals surface area contributed by atoms with Gasteiger partial charge in [0.15, 0.2) is 0 Å². The van der Waals surface area contributed by atoms with E-state index < -0.39 is 0 Å². The Bertz CT molecular complexity index is 1510. The molecule has 0 saturated heterocycles. The van der Waals surface area contributed by atoms with Gasteiger partial charge in [0.25, 0.3) is 0 Å². The van der Waals surface area contributed by atoms with Crippen LogP contribution in [-0.2, 0) is 26.2 Å². The topological polar surface area (TPSA) is 28.2 Å². The van der Waals surface area contributed by atoms with E-state index in [0.29, 0.717) is 0 Å². The molecule has 0 aliphatic heterocycles. The molecule has 0 N–H and O–H groups in total. The number of rotatable bonds is 8. The molecule has 6 heteroatoms. The van der Waals surface area contributed by atoms with Gasteiger partial charge in [-0.3, -0.25) is 0 Å². The zero-order valence-corrected chi connectivity index (χ0v) is 33.4. The van der Waals surface area contributed by atoms with Crippen LogP contribution in [0.4, 0.5) is 11.4 Å². The summed E-state index contributed by atoms with van der Waals surface area (Å²) < 4.78 is 2.37. The van der Waals surface area contributed by atoms with Crippen molar-refractivity contribution in [3.8, 4) is 0 Å². The Kier molecular flexibility index (Phi) is 19.3. The maximum atomic E-state index is 4.48. The third-order valence-electron chi connectivity index (χ3n) is 6.60. The van der Waals surface area contributed by atoms with Crippen LogP contribution in [0.25, 0.3) is 32.2 Å². The summed E-state index contributed by atoms with van der Waals surface area (Å²) in [4.78, 5) is 0. The van der Waals surface area contributed by atoms with E-state index in [4.69, 9.17) is 0 Å². The van der Waals surface area contributed by atoms with E-state index in [9.17, 15) is 0 Å². The molecule has 0 saturated carbocycles. The molecule has 6 aromatic rings. The molecular formula is C39H42Br2N2SiZr. The van der Waals surface area contributed by atoms with Crippen molar-refractivity contribution in [1.82, 2.24) is 0 Å². The number of fused-ring (bicyclic) bond motifs is 2. The van der Waals surface area contributed by atoms with Gasteiger partial charge in [0.05, 0.1) is 0 Å². The van der Waals surface area contributed by atoms with Crippen LogP contribution in [0.1, 0.15) is 31.4 Å². The van der Waals surface area contributed by atoms with Gasteiger partial charge in [-0.05, 0) is 8.95 Å². The number of para-hydroxylation sites is 2. The smallest absolute Gasteiger partial charge is 0.684 e. The fraction of sp³-hybridized carbons (Fsp3) is 0.231. The van der Waals surface area contributed by atoms with Crippen LogP contribution >= 0.6 is 31.9 Å². The number of halogens is 2. The third-order valence-corrected chi connectivity index (χ3v) is 8.98. The normalized spacial score (nSPS) is 9.91. The minimum atomic E-state index is 0. The molecule has 6 aromatic carbocycles. The first-order valence-corrected chi connectivity index (χ1v) is 18.2. The predicted octanol–water partition coefficient (Wildman–Crippen LogP) is 13.6. The molecule has 0 atom stereocenters. The van der Waals surface area contributed by atoms with Gasteiger partial charge < -0.3 is 10.6 Å². The SMILES string of the molecule is CC[Si]CC.Cc1cc2c(Br)cccc2[cH-]1.Cc1cc2c(Br)cccc2[cH-]1.[Zr+4].c1ccc([N-]CCC[N-]c2ccccc2)cc1. The number of benzene rings is 4. The molecule has 45 heavy (non-hydrogen) atoms. The Labute approximate surface area is 309 Å². The van der Waals surface area contributed by atoms with Gasteiger partial charge in [-0.1, -0.05) is 151 Å². The van der Waals surface area contributed by atoms with Crippen LogP contribution < -0.4 is 0 Å². The monoisotopic (exact) mass is 814 g/mol. The number of nitrogens with zero attached hydrogens (tertiary/aromatic N) is 2. The zero-order chi connectivity index (χ0) is 31.6. The van der Waals surface area contributed by atoms with Crippen molar-refractivity contribution in [2.45, 2.75) is 46.2 Å².